The zero-order chi connectivity index (χ0) is 13.8. The van der Waals surface area contributed by atoms with Crippen LogP contribution in [-0.4, -0.2) is 29.0 Å². The van der Waals surface area contributed by atoms with Crippen molar-refractivity contribution in [3.63, 3.8) is 0 Å². The molecule has 3 rings (SSSR count). The van der Waals surface area contributed by atoms with Gasteiger partial charge in [0.25, 0.3) is 0 Å². The number of thiazole rings is 1. The molecule has 2 aromatic rings. The van der Waals surface area contributed by atoms with E-state index in [0.717, 1.165) is 19.6 Å². The Morgan fingerprint density at radius 1 is 1.35 bits per heavy atom. The highest BCUT2D eigenvalue weighted by Gasteiger charge is 2.28. The average Bonchev–Trinajstić information content (AvgIpc) is 3.01. The lowest BCUT2D eigenvalue weighted by Gasteiger charge is -2.40. The number of nitrogens with one attached hydrogen (secondary N) is 1. The molecule has 1 fully saturated rings. The Morgan fingerprint density at radius 2 is 2.20 bits per heavy atom. The Kier molecular flexibility index (Phi) is 4.45. The van der Waals surface area contributed by atoms with Gasteiger partial charge in [-0.25, -0.2) is 0 Å². The number of rotatable bonds is 4. The van der Waals surface area contributed by atoms with Crippen LogP contribution < -0.4 is 5.32 Å². The highest BCUT2D eigenvalue weighted by atomic mass is 32.1. The Balaban J connectivity index is 1.79. The molecule has 2 unspecified atom stereocenters. The van der Waals surface area contributed by atoms with Crippen LogP contribution in [0.3, 0.4) is 0 Å². The van der Waals surface area contributed by atoms with Crippen molar-refractivity contribution in [2.75, 3.05) is 13.1 Å². The van der Waals surface area contributed by atoms with Crippen LogP contribution in [-0.2, 0) is 6.54 Å². The van der Waals surface area contributed by atoms with E-state index in [1.807, 2.05) is 11.7 Å². The van der Waals surface area contributed by atoms with Crippen LogP contribution in [0.2, 0.25) is 0 Å². The third-order valence-electron chi connectivity index (χ3n) is 4.02. The second kappa shape index (κ2) is 6.48. The highest BCUT2D eigenvalue weighted by Crippen LogP contribution is 2.26. The third kappa shape index (κ3) is 3.08. The number of nitrogens with zero attached hydrogens (tertiary/aromatic N) is 2. The van der Waals surface area contributed by atoms with E-state index in [-0.39, 0.29) is 0 Å². The van der Waals surface area contributed by atoms with Gasteiger partial charge in [0.1, 0.15) is 0 Å². The summed E-state index contributed by atoms with van der Waals surface area (Å²) >= 11 is 1.75. The Labute approximate surface area is 124 Å². The maximum Gasteiger partial charge on any atom is 0.0794 e. The molecule has 1 saturated heterocycles. The molecule has 0 amide bonds. The number of hydrogen-bond acceptors (Lipinski definition) is 4. The molecule has 0 saturated carbocycles. The lowest BCUT2D eigenvalue weighted by molar-refractivity contribution is 0.122. The molecule has 2 atom stereocenters. The SMILES string of the molecule is CCC1CN(Cc2cncs2)C(c2ccccc2)CN1. The van der Waals surface area contributed by atoms with Gasteiger partial charge in [0.2, 0.25) is 0 Å². The minimum absolute atomic E-state index is 0.459. The van der Waals surface area contributed by atoms with Crippen molar-refractivity contribution in [2.45, 2.75) is 32.0 Å². The number of benzene rings is 1. The quantitative estimate of drug-likeness (QED) is 0.936. The molecular formula is C16H21N3S. The summed E-state index contributed by atoms with van der Waals surface area (Å²) in [5.41, 5.74) is 3.32. The molecule has 2 heterocycles. The van der Waals surface area contributed by atoms with Crippen LogP contribution in [0.15, 0.2) is 42.0 Å². The highest BCUT2D eigenvalue weighted by molar-refractivity contribution is 7.09. The summed E-state index contributed by atoms with van der Waals surface area (Å²) in [4.78, 5) is 8.14. The van der Waals surface area contributed by atoms with E-state index in [2.05, 4.69) is 52.5 Å². The van der Waals surface area contributed by atoms with Crippen molar-refractivity contribution in [2.24, 2.45) is 0 Å². The molecule has 106 valence electrons. The molecule has 0 aliphatic carbocycles. The van der Waals surface area contributed by atoms with Crippen LogP contribution >= 0.6 is 11.3 Å². The minimum Gasteiger partial charge on any atom is -0.311 e. The van der Waals surface area contributed by atoms with Crippen molar-refractivity contribution >= 4 is 11.3 Å². The van der Waals surface area contributed by atoms with Gasteiger partial charge >= 0.3 is 0 Å². The van der Waals surface area contributed by atoms with Crippen molar-refractivity contribution in [1.82, 2.24) is 15.2 Å². The Hall–Kier alpha value is -1.23. The first kappa shape index (κ1) is 13.7. The maximum atomic E-state index is 4.20. The molecule has 1 aliphatic rings. The molecule has 1 aliphatic heterocycles. The van der Waals surface area contributed by atoms with E-state index in [0.29, 0.717) is 12.1 Å². The van der Waals surface area contributed by atoms with E-state index in [9.17, 15) is 0 Å². The molecule has 4 heteroatoms. The van der Waals surface area contributed by atoms with Crippen molar-refractivity contribution in [1.29, 1.82) is 0 Å². The van der Waals surface area contributed by atoms with Crippen molar-refractivity contribution < 1.29 is 0 Å². The summed E-state index contributed by atoms with van der Waals surface area (Å²) in [6.45, 7) is 5.39. The molecule has 0 bridgehead atoms. The molecule has 0 radical (unpaired) electrons. The van der Waals surface area contributed by atoms with Crippen molar-refractivity contribution in [3.05, 3.63) is 52.5 Å². The van der Waals surface area contributed by atoms with Crippen LogP contribution in [0.5, 0.6) is 0 Å². The number of hydrogen-bond donors (Lipinski definition) is 1. The molecule has 20 heavy (non-hydrogen) atoms. The lowest BCUT2D eigenvalue weighted by atomic mass is 10.00. The summed E-state index contributed by atoms with van der Waals surface area (Å²) in [6.07, 6.45) is 3.18. The average molecular weight is 287 g/mol. The fourth-order valence-corrected chi connectivity index (χ4v) is 3.47. The molecule has 1 aromatic carbocycles. The second-order valence-corrected chi connectivity index (χ2v) is 6.31. The normalized spacial score (nSPS) is 23.9. The topological polar surface area (TPSA) is 28.2 Å². The fraction of sp³-hybridized carbons (Fsp3) is 0.438. The first-order valence-corrected chi connectivity index (χ1v) is 8.14. The third-order valence-corrected chi connectivity index (χ3v) is 4.78. The van der Waals surface area contributed by atoms with Gasteiger partial charge in [-0.15, -0.1) is 11.3 Å². The zero-order valence-corrected chi connectivity index (χ0v) is 12.6. The van der Waals surface area contributed by atoms with Gasteiger partial charge < -0.3 is 5.32 Å². The van der Waals surface area contributed by atoms with Crippen LogP contribution in [0, 0.1) is 0 Å². The van der Waals surface area contributed by atoms with Crippen LogP contribution in [0.1, 0.15) is 29.8 Å². The van der Waals surface area contributed by atoms with Crippen LogP contribution in [0.25, 0.3) is 0 Å². The zero-order valence-electron chi connectivity index (χ0n) is 11.8. The summed E-state index contributed by atoms with van der Waals surface area (Å²) < 4.78 is 0. The molecule has 1 N–H and O–H groups in total. The fourth-order valence-electron chi connectivity index (χ4n) is 2.85. The van der Waals surface area contributed by atoms with Gasteiger partial charge in [0.15, 0.2) is 0 Å². The van der Waals surface area contributed by atoms with Crippen LogP contribution in [0.4, 0.5) is 0 Å². The summed E-state index contributed by atoms with van der Waals surface area (Å²) in [7, 11) is 0. The van der Waals surface area contributed by atoms with Gasteiger partial charge in [-0.05, 0) is 12.0 Å². The second-order valence-electron chi connectivity index (χ2n) is 5.34. The number of piperazine rings is 1. The van der Waals surface area contributed by atoms with E-state index in [1.165, 1.54) is 16.9 Å². The predicted molar refractivity (Wildman–Crippen MR) is 83.8 cm³/mol. The summed E-state index contributed by atoms with van der Waals surface area (Å²) in [5.74, 6) is 0. The van der Waals surface area contributed by atoms with Gasteiger partial charge in [-0.2, -0.15) is 0 Å². The van der Waals surface area contributed by atoms with Gasteiger partial charge in [0.05, 0.1) is 5.51 Å². The Morgan fingerprint density at radius 3 is 2.90 bits per heavy atom. The molecular weight excluding hydrogens is 266 g/mol. The lowest BCUT2D eigenvalue weighted by Crippen LogP contribution is -2.51. The summed E-state index contributed by atoms with van der Waals surface area (Å²) in [6, 6.07) is 11.9. The standard InChI is InChI=1S/C16H21N3S/c1-2-14-10-19(11-15-8-17-12-20-15)16(9-18-14)13-6-4-3-5-7-13/h3-8,12,14,16,18H,2,9-11H2,1H3. The molecule has 1 aromatic heterocycles. The van der Waals surface area contributed by atoms with E-state index in [1.54, 1.807) is 11.3 Å². The Bertz CT molecular complexity index is 512. The van der Waals surface area contributed by atoms with Gasteiger partial charge in [-0.3, -0.25) is 9.88 Å². The molecule has 3 nitrogen and oxygen atoms in total. The smallest absolute Gasteiger partial charge is 0.0794 e. The first-order chi connectivity index (χ1) is 9.86. The van der Waals surface area contributed by atoms with Gasteiger partial charge in [0, 0.05) is 42.8 Å². The van der Waals surface area contributed by atoms with Crippen molar-refractivity contribution in [3.8, 4) is 0 Å². The number of aromatic nitrogens is 1. The summed E-state index contributed by atoms with van der Waals surface area (Å²) in [5, 5.41) is 3.67. The molecule has 0 spiro atoms. The minimum atomic E-state index is 0.459. The predicted octanol–water partition coefficient (Wildman–Crippen LogP) is 3.07. The monoisotopic (exact) mass is 287 g/mol. The van der Waals surface area contributed by atoms with Gasteiger partial charge in [-0.1, -0.05) is 37.3 Å². The van der Waals surface area contributed by atoms with E-state index in [4.69, 9.17) is 0 Å². The van der Waals surface area contributed by atoms with E-state index >= 15 is 0 Å². The first-order valence-electron chi connectivity index (χ1n) is 7.26. The largest absolute Gasteiger partial charge is 0.311 e. The maximum absolute atomic E-state index is 4.20. The van der Waals surface area contributed by atoms with E-state index < -0.39 is 0 Å².